The second-order valence-corrected chi connectivity index (χ2v) is 9.23. The third kappa shape index (κ3) is 5.44. The van der Waals surface area contributed by atoms with E-state index in [-0.39, 0.29) is 6.03 Å². The van der Waals surface area contributed by atoms with E-state index in [2.05, 4.69) is 22.3 Å². The maximum absolute atomic E-state index is 12.8. The lowest BCUT2D eigenvalue weighted by molar-refractivity contribution is 0.151. The number of hydrogen-bond donors (Lipinski definition) is 1. The highest BCUT2D eigenvalue weighted by Gasteiger charge is 2.30. The largest absolute Gasteiger partial charge is 0.497 e. The molecule has 2 saturated heterocycles. The zero-order valence-electron chi connectivity index (χ0n) is 17.9. The van der Waals surface area contributed by atoms with Crippen molar-refractivity contribution in [3.05, 3.63) is 29.8 Å². The lowest BCUT2D eigenvalue weighted by atomic mass is 9.88. The molecule has 4 rings (SSSR count). The van der Waals surface area contributed by atoms with Crippen molar-refractivity contribution in [1.29, 1.82) is 0 Å². The molecule has 0 aromatic heterocycles. The van der Waals surface area contributed by atoms with Crippen molar-refractivity contribution in [2.45, 2.75) is 63.3 Å². The van der Waals surface area contributed by atoms with Crippen LogP contribution >= 0.6 is 0 Å². The number of nitrogens with zero attached hydrogens (tertiary/aromatic N) is 2. The van der Waals surface area contributed by atoms with Gasteiger partial charge in [0.15, 0.2) is 0 Å². The normalized spacial score (nSPS) is 24.6. The molecule has 0 bridgehead atoms. The smallest absolute Gasteiger partial charge is 0.317 e. The van der Waals surface area contributed by atoms with Gasteiger partial charge in [-0.15, -0.1) is 0 Å². The molecule has 1 aliphatic carbocycles. The number of nitrogens with one attached hydrogen (secondary N) is 1. The van der Waals surface area contributed by atoms with Crippen LogP contribution < -0.4 is 10.1 Å². The maximum Gasteiger partial charge on any atom is 0.317 e. The number of carbonyl (C=O) groups is 1. The Morgan fingerprint density at radius 1 is 1.00 bits per heavy atom. The van der Waals surface area contributed by atoms with E-state index in [1.165, 1.54) is 44.2 Å². The summed E-state index contributed by atoms with van der Waals surface area (Å²) in [5, 5.41) is 3.32. The van der Waals surface area contributed by atoms with Crippen LogP contribution in [0.3, 0.4) is 0 Å². The number of ether oxygens (including phenoxy) is 1. The summed E-state index contributed by atoms with van der Waals surface area (Å²) in [7, 11) is 1.69. The SMILES string of the molecule is COc1ccc(C2CCN(C(=O)NC3CCN(CC4CCCCC4)CC3)C2)cc1. The minimum atomic E-state index is 0.131. The van der Waals surface area contributed by atoms with Gasteiger partial charge < -0.3 is 19.9 Å². The monoisotopic (exact) mass is 399 g/mol. The Labute approximate surface area is 175 Å². The van der Waals surface area contributed by atoms with Crippen molar-refractivity contribution in [1.82, 2.24) is 15.1 Å². The van der Waals surface area contributed by atoms with Crippen molar-refractivity contribution in [3.63, 3.8) is 0 Å². The predicted molar refractivity (Wildman–Crippen MR) is 116 cm³/mol. The van der Waals surface area contributed by atoms with Crippen LogP contribution in [0.2, 0.25) is 0 Å². The standard InChI is InChI=1S/C24H37N3O2/c1-29-23-9-7-20(8-10-23)21-11-16-27(18-21)24(28)25-22-12-14-26(15-13-22)17-19-5-3-2-4-6-19/h7-10,19,21-22H,2-6,11-18H2,1H3,(H,25,28). The zero-order chi connectivity index (χ0) is 20.1. The third-order valence-electron chi connectivity index (χ3n) is 7.22. The van der Waals surface area contributed by atoms with Crippen molar-refractivity contribution in [2.24, 2.45) is 5.92 Å². The zero-order valence-corrected chi connectivity index (χ0v) is 17.9. The summed E-state index contributed by atoms with van der Waals surface area (Å²) < 4.78 is 5.25. The highest BCUT2D eigenvalue weighted by Crippen LogP contribution is 2.29. The van der Waals surface area contributed by atoms with Crippen molar-refractivity contribution < 1.29 is 9.53 Å². The van der Waals surface area contributed by atoms with Gasteiger partial charge in [0.05, 0.1) is 7.11 Å². The number of piperidine rings is 1. The molecule has 29 heavy (non-hydrogen) atoms. The van der Waals surface area contributed by atoms with E-state index in [0.29, 0.717) is 12.0 Å². The van der Waals surface area contributed by atoms with Crippen LogP contribution in [0.1, 0.15) is 62.8 Å². The fourth-order valence-corrected chi connectivity index (χ4v) is 5.35. The molecule has 3 fully saturated rings. The molecule has 1 N–H and O–H groups in total. The number of likely N-dealkylation sites (tertiary alicyclic amines) is 2. The van der Waals surface area contributed by atoms with Gasteiger partial charge in [-0.25, -0.2) is 4.79 Å². The number of hydrogen-bond acceptors (Lipinski definition) is 3. The fourth-order valence-electron chi connectivity index (χ4n) is 5.35. The van der Waals surface area contributed by atoms with Crippen molar-refractivity contribution >= 4 is 6.03 Å². The molecular weight excluding hydrogens is 362 g/mol. The average molecular weight is 400 g/mol. The van der Waals surface area contributed by atoms with Gasteiger partial charge in [0.2, 0.25) is 0 Å². The van der Waals surface area contributed by atoms with E-state index < -0.39 is 0 Å². The summed E-state index contributed by atoms with van der Waals surface area (Å²) >= 11 is 0. The van der Waals surface area contributed by atoms with Gasteiger partial charge in [-0.2, -0.15) is 0 Å². The summed E-state index contributed by atoms with van der Waals surface area (Å²) in [4.78, 5) is 17.4. The molecule has 3 aliphatic rings. The number of carbonyl (C=O) groups excluding carboxylic acids is 1. The molecule has 0 spiro atoms. The van der Waals surface area contributed by atoms with E-state index in [9.17, 15) is 4.79 Å². The van der Waals surface area contributed by atoms with Crippen molar-refractivity contribution in [3.8, 4) is 5.75 Å². The molecule has 1 unspecified atom stereocenters. The molecule has 1 aromatic rings. The highest BCUT2D eigenvalue weighted by atomic mass is 16.5. The molecular formula is C24H37N3O2. The molecule has 1 aromatic carbocycles. The summed E-state index contributed by atoms with van der Waals surface area (Å²) in [5.41, 5.74) is 1.30. The highest BCUT2D eigenvalue weighted by molar-refractivity contribution is 5.75. The molecule has 5 heteroatoms. The van der Waals surface area contributed by atoms with E-state index >= 15 is 0 Å². The van der Waals surface area contributed by atoms with Gasteiger partial charge in [-0.05, 0) is 55.7 Å². The van der Waals surface area contributed by atoms with Gasteiger partial charge in [0.1, 0.15) is 5.75 Å². The third-order valence-corrected chi connectivity index (χ3v) is 7.22. The first-order chi connectivity index (χ1) is 14.2. The van der Waals surface area contributed by atoms with Crippen molar-refractivity contribution in [2.75, 3.05) is 39.8 Å². The van der Waals surface area contributed by atoms with E-state index in [1.807, 2.05) is 17.0 Å². The Kier molecular flexibility index (Phi) is 6.96. The first-order valence-corrected chi connectivity index (χ1v) is 11.6. The van der Waals surface area contributed by atoms with E-state index in [1.54, 1.807) is 7.11 Å². The molecule has 2 amide bonds. The van der Waals surface area contributed by atoms with Gasteiger partial charge in [-0.3, -0.25) is 0 Å². The lowest BCUT2D eigenvalue weighted by Crippen LogP contribution is -2.49. The number of amides is 2. The minimum Gasteiger partial charge on any atom is -0.497 e. The number of rotatable bonds is 5. The number of urea groups is 1. The van der Waals surface area contributed by atoms with E-state index in [4.69, 9.17) is 4.74 Å². The predicted octanol–water partition coefficient (Wildman–Crippen LogP) is 4.24. The Bertz CT molecular complexity index is 649. The quantitative estimate of drug-likeness (QED) is 0.805. The lowest BCUT2D eigenvalue weighted by Gasteiger charge is -2.36. The Morgan fingerprint density at radius 3 is 2.41 bits per heavy atom. The van der Waals surface area contributed by atoms with Crippen LogP contribution in [0.25, 0.3) is 0 Å². The van der Waals surface area contributed by atoms with Gasteiger partial charge >= 0.3 is 6.03 Å². The maximum atomic E-state index is 12.8. The molecule has 2 heterocycles. The molecule has 1 atom stereocenters. The molecule has 0 radical (unpaired) electrons. The average Bonchev–Trinajstić information content (AvgIpc) is 3.26. The number of methoxy groups -OCH3 is 1. The number of benzene rings is 1. The van der Waals surface area contributed by atoms with Crippen LogP contribution in [-0.2, 0) is 0 Å². The Hall–Kier alpha value is -1.75. The Balaban J connectivity index is 1.19. The molecule has 5 nitrogen and oxygen atoms in total. The molecule has 1 saturated carbocycles. The van der Waals surface area contributed by atoms with Crippen LogP contribution in [-0.4, -0.2) is 61.7 Å². The summed E-state index contributed by atoms with van der Waals surface area (Å²) in [6.07, 6.45) is 10.3. The second kappa shape index (κ2) is 9.84. The van der Waals surface area contributed by atoms with Gasteiger partial charge in [0.25, 0.3) is 0 Å². The second-order valence-electron chi connectivity index (χ2n) is 9.23. The van der Waals surface area contributed by atoms with Gasteiger partial charge in [-0.1, -0.05) is 31.4 Å². The van der Waals surface area contributed by atoms with E-state index in [0.717, 1.165) is 57.1 Å². The van der Waals surface area contributed by atoms with Crippen LogP contribution in [0.4, 0.5) is 4.79 Å². The van der Waals surface area contributed by atoms with Crippen LogP contribution in [0, 0.1) is 5.92 Å². The molecule has 2 aliphatic heterocycles. The first-order valence-electron chi connectivity index (χ1n) is 11.6. The van der Waals surface area contributed by atoms with Crippen LogP contribution in [0.5, 0.6) is 5.75 Å². The summed E-state index contributed by atoms with van der Waals surface area (Å²) in [5.74, 6) is 2.23. The molecule has 160 valence electrons. The van der Waals surface area contributed by atoms with Gasteiger partial charge in [0, 0.05) is 44.7 Å². The topological polar surface area (TPSA) is 44.8 Å². The summed E-state index contributed by atoms with van der Waals surface area (Å²) in [6.45, 7) is 5.21. The Morgan fingerprint density at radius 2 is 1.72 bits per heavy atom. The first kappa shape index (κ1) is 20.5. The van der Waals surface area contributed by atoms with Crippen LogP contribution in [0.15, 0.2) is 24.3 Å². The fraction of sp³-hybridized carbons (Fsp3) is 0.708. The minimum absolute atomic E-state index is 0.131. The summed E-state index contributed by atoms with van der Waals surface area (Å²) in [6, 6.07) is 8.76.